The molecule has 1 aliphatic heterocycles. The van der Waals surface area contributed by atoms with E-state index in [0.717, 1.165) is 54.9 Å². The Hall–Kier alpha value is -1.82. The summed E-state index contributed by atoms with van der Waals surface area (Å²) in [5, 5.41) is 2.19. The van der Waals surface area contributed by atoms with Crippen LogP contribution in [0, 0.1) is 0 Å². The van der Waals surface area contributed by atoms with Crippen molar-refractivity contribution in [1.29, 1.82) is 0 Å². The predicted octanol–water partition coefficient (Wildman–Crippen LogP) is 2.69. The van der Waals surface area contributed by atoms with Gasteiger partial charge in [-0.3, -0.25) is 9.69 Å². The van der Waals surface area contributed by atoms with Gasteiger partial charge in [0, 0.05) is 19.6 Å². The highest BCUT2D eigenvalue weighted by Gasteiger charge is 2.11. The van der Waals surface area contributed by atoms with Crippen LogP contribution in [0.4, 0.5) is 0 Å². The van der Waals surface area contributed by atoms with Crippen molar-refractivity contribution in [3.05, 3.63) is 42.0 Å². The molecule has 0 radical (unpaired) electrons. The van der Waals surface area contributed by atoms with Crippen LogP contribution in [0.2, 0.25) is 0 Å². The summed E-state index contributed by atoms with van der Waals surface area (Å²) in [4.78, 5) is 14.3. The van der Waals surface area contributed by atoms with Gasteiger partial charge in [-0.15, -0.1) is 12.4 Å². The molecule has 0 aliphatic carbocycles. The van der Waals surface area contributed by atoms with Crippen LogP contribution in [0.25, 0.3) is 10.8 Å². The van der Waals surface area contributed by atoms with E-state index in [1.165, 1.54) is 0 Å². The first-order chi connectivity index (χ1) is 11.7. The molecule has 0 amide bonds. The van der Waals surface area contributed by atoms with Gasteiger partial charge in [0.15, 0.2) is 0 Å². The lowest BCUT2D eigenvalue weighted by atomic mass is 10.0. The van der Waals surface area contributed by atoms with E-state index < -0.39 is 0 Å². The van der Waals surface area contributed by atoms with Crippen molar-refractivity contribution in [2.75, 3.05) is 46.6 Å². The molecule has 0 bridgehead atoms. The molecule has 1 heterocycles. The maximum absolute atomic E-state index is 12.0. The van der Waals surface area contributed by atoms with E-state index in [-0.39, 0.29) is 18.4 Å². The largest absolute Gasteiger partial charge is 0.497 e. The molecule has 0 aromatic heterocycles. The van der Waals surface area contributed by atoms with E-state index in [1.807, 2.05) is 36.4 Å². The van der Waals surface area contributed by atoms with Crippen LogP contribution in [-0.4, -0.2) is 57.4 Å². The third-order valence-corrected chi connectivity index (χ3v) is 4.23. The number of hydrogen-bond donors (Lipinski definition) is 0. The summed E-state index contributed by atoms with van der Waals surface area (Å²) in [6.07, 6.45) is 0.297. The number of benzene rings is 2. The zero-order valence-electron chi connectivity index (χ0n) is 14.4. The maximum Gasteiger partial charge on any atom is 0.310 e. The number of rotatable bonds is 6. The summed E-state index contributed by atoms with van der Waals surface area (Å²) in [6.45, 7) is 4.54. The number of methoxy groups -OCH3 is 1. The minimum atomic E-state index is -0.184. The van der Waals surface area contributed by atoms with Crippen molar-refractivity contribution >= 4 is 29.1 Å². The fourth-order valence-electron chi connectivity index (χ4n) is 2.84. The number of halogens is 1. The van der Waals surface area contributed by atoms with Gasteiger partial charge in [0.05, 0.1) is 26.7 Å². The number of morpholine rings is 1. The third-order valence-electron chi connectivity index (χ3n) is 4.23. The zero-order chi connectivity index (χ0) is 16.8. The van der Waals surface area contributed by atoms with E-state index in [4.69, 9.17) is 14.2 Å². The number of hydrogen-bond acceptors (Lipinski definition) is 5. The van der Waals surface area contributed by atoms with E-state index >= 15 is 0 Å². The number of carbonyl (C=O) groups is 1. The lowest BCUT2D eigenvalue weighted by Gasteiger charge is -2.26. The van der Waals surface area contributed by atoms with Gasteiger partial charge in [-0.2, -0.15) is 0 Å². The lowest BCUT2D eigenvalue weighted by Crippen LogP contribution is -2.38. The van der Waals surface area contributed by atoms with Crippen LogP contribution >= 0.6 is 12.4 Å². The smallest absolute Gasteiger partial charge is 0.310 e. The normalized spacial score (nSPS) is 14.8. The van der Waals surface area contributed by atoms with Crippen molar-refractivity contribution < 1.29 is 19.0 Å². The first-order valence-electron chi connectivity index (χ1n) is 8.27. The van der Waals surface area contributed by atoms with Crippen molar-refractivity contribution in [3.8, 4) is 5.75 Å². The Labute approximate surface area is 154 Å². The topological polar surface area (TPSA) is 48.0 Å². The monoisotopic (exact) mass is 365 g/mol. The Kier molecular flexibility index (Phi) is 7.50. The van der Waals surface area contributed by atoms with Gasteiger partial charge in [-0.25, -0.2) is 0 Å². The summed E-state index contributed by atoms with van der Waals surface area (Å²) in [7, 11) is 1.66. The molecule has 6 heteroatoms. The molecule has 3 rings (SSSR count). The summed E-state index contributed by atoms with van der Waals surface area (Å²) in [5.74, 6) is 0.647. The molecule has 2 aromatic carbocycles. The first kappa shape index (κ1) is 19.5. The maximum atomic E-state index is 12.0. The van der Waals surface area contributed by atoms with E-state index in [0.29, 0.717) is 13.0 Å². The number of nitrogens with zero attached hydrogens (tertiary/aromatic N) is 1. The van der Waals surface area contributed by atoms with Gasteiger partial charge in [0.2, 0.25) is 0 Å². The molecule has 0 N–H and O–H groups in total. The van der Waals surface area contributed by atoms with Crippen LogP contribution in [0.5, 0.6) is 5.75 Å². The third kappa shape index (κ3) is 5.59. The lowest BCUT2D eigenvalue weighted by molar-refractivity contribution is -0.143. The van der Waals surface area contributed by atoms with Crippen molar-refractivity contribution in [2.45, 2.75) is 6.42 Å². The van der Waals surface area contributed by atoms with E-state index in [2.05, 4.69) is 4.90 Å². The van der Waals surface area contributed by atoms with Gasteiger partial charge in [0.25, 0.3) is 0 Å². The van der Waals surface area contributed by atoms with E-state index in [9.17, 15) is 4.79 Å². The van der Waals surface area contributed by atoms with Crippen molar-refractivity contribution in [1.82, 2.24) is 4.90 Å². The number of carbonyl (C=O) groups excluding carboxylic acids is 1. The number of ether oxygens (including phenoxy) is 3. The van der Waals surface area contributed by atoms with E-state index in [1.54, 1.807) is 7.11 Å². The quantitative estimate of drug-likeness (QED) is 0.737. The minimum Gasteiger partial charge on any atom is -0.497 e. The van der Waals surface area contributed by atoms with Crippen LogP contribution in [0.1, 0.15) is 5.56 Å². The molecule has 0 unspecified atom stereocenters. The van der Waals surface area contributed by atoms with Gasteiger partial charge >= 0.3 is 5.97 Å². The Morgan fingerprint density at radius 1 is 1.12 bits per heavy atom. The summed E-state index contributed by atoms with van der Waals surface area (Å²) < 4.78 is 15.9. The molecule has 25 heavy (non-hydrogen) atoms. The molecule has 1 fully saturated rings. The molecule has 1 saturated heterocycles. The van der Waals surface area contributed by atoms with Crippen LogP contribution in [-0.2, 0) is 20.7 Å². The second-order valence-corrected chi connectivity index (χ2v) is 5.90. The Morgan fingerprint density at radius 2 is 1.84 bits per heavy atom. The van der Waals surface area contributed by atoms with Gasteiger partial charge in [-0.05, 0) is 28.5 Å². The highest BCUT2D eigenvalue weighted by molar-refractivity contribution is 5.86. The first-order valence-corrected chi connectivity index (χ1v) is 8.27. The fraction of sp³-hybridized carbons (Fsp3) is 0.421. The van der Waals surface area contributed by atoms with Crippen LogP contribution < -0.4 is 4.74 Å². The summed E-state index contributed by atoms with van der Waals surface area (Å²) in [5.41, 5.74) is 0.962. The highest BCUT2D eigenvalue weighted by Crippen LogP contribution is 2.22. The average Bonchev–Trinajstić information content (AvgIpc) is 2.62. The van der Waals surface area contributed by atoms with Crippen LogP contribution in [0.3, 0.4) is 0 Å². The van der Waals surface area contributed by atoms with Crippen molar-refractivity contribution in [3.63, 3.8) is 0 Å². The van der Waals surface area contributed by atoms with Gasteiger partial charge in [-0.1, -0.05) is 24.3 Å². The second kappa shape index (κ2) is 9.61. The average molecular weight is 366 g/mol. The summed E-state index contributed by atoms with van der Waals surface area (Å²) >= 11 is 0. The fourth-order valence-corrected chi connectivity index (χ4v) is 2.84. The standard InChI is InChI=1S/C19H23NO4.ClH/c1-22-18-5-4-16-12-15(2-3-17(16)14-18)13-19(21)24-11-8-20-6-9-23-10-7-20;/h2-5,12,14H,6-11,13H2,1H3;1H. The molecule has 2 aromatic rings. The summed E-state index contributed by atoms with van der Waals surface area (Å²) in [6, 6.07) is 11.9. The molecule has 5 nitrogen and oxygen atoms in total. The Morgan fingerprint density at radius 3 is 2.60 bits per heavy atom. The predicted molar refractivity (Wildman–Crippen MR) is 99.7 cm³/mol. The molecule has 0 atom stereocenters. The highest BCUT2D eigenvalue weighted by atomic mass is 35.5. The van der Waals surface area contributed by atoms with Gasteiger partial charge in [0.1, 0.15) is 12.4 Å². The Bertz CT molecular complexity index is 701. The minimum absolute atomic E-state index is 0. The van der Waals surface area contributed by atoms with Crippen LogP contribution in [0.15, 0.2) is 36.4 Å². The molecule has 0 spiro atoms. The molecule has 136 valence electrons. The molecular weight excluding hydrogens is 342 g/mol. The zero-order valence-corrected chi connectivity index (χ0v) is 15.2. The second-order valence-electron chi connectivity index (χ2n) is 5.90. The molecule has 1 aliphatic rings. The SMILES string of the molecule is COc1ccc2cc(CC(=O)OCCN3CCOCC3)ccc2c1.Cl. The van der Waals surface area contributed by atoms with Gasteiger partial charge < -0.3 is 14.2 Å². The number of esters is 1. The number of fused-ring (bicyclic) bond motifs is 1. The molecular formula is C19H24ClNO4. The molecule has 0 saturated carbocycles. The Balaban J connectivity index is 0.00000225. The van der Waals surface area contributed by atoms with Crippen molar-refractivity contribution in [2.24, 2.45) is 0 Å².